The Morgan fingerprint density at radius 2 is 2.32 bits per heavy atom. The summed E-state index contributed by atoms with van der Waals surface area (Å²) in [7, 11) is 3.12. The van der Waals surface area contributed by atoms with Gasteiger partial charge in [0.2, 0.25) is 5.95 Å². The minimum atomic E-state index is -1.05. The average molecular weight is 269 g/mol. The number of nitrogens with one attached hydrogen (secondary N) is 1. The van der Waals surface area contributed by atoms with Gasteiger partial charge in [0.05, 0.1) is 6.10 Å². The fraction of sp³-hybridized carbons (Fsp3) is 0.600. The van der Waals surface area contributed by atoms with Crippen LogP contribution >= 0.6 is 0 Å². The summed E-state index contributed by atoms with van der Waals surface area (Å²) >= 11 is 0. The minimum Gasteiger partial charge on any atom is -0.480 e. The Bertz CT molecular complexity index is 488. The van der Waals surface area contributed by atoms with Crippen LogP contribution in [0.15, 0.2) is 6.33 Å². The van der Waals surface area contributed by atoms with Gasteiger partial charge in [-0.05, 0) is 0 Å². The summed E-state index contributed by atoms with van der Waals surface area (Å²) in [6, 6.07) is -1.42. The highest BCUT2D eigenvalue weighted by molar-refractivity contribution is 5.91. The van der Waals surface area contributed by atoms with Crippen LogP contribution in [-0.2, 0) is 16.6 Å². The topological polar surface area (TPSA) is 110 Å². The van der Waals surface area contributed by atoms with Crippen LogP contribution in [-0.4, -0.2) is 62.6 Å². The van der Waals surface area contributed by atoms with Gasteiger partial charge < -0.3 is 14.7 Å². The van der Waals surface area contributed by atoms with E-state index in [4.69, 9.17) is 9.84 Å². The molecule has 1 aromatic heterocycles. The fourth-order valence-corrected chi connectivity index (χ4v) is 2.00. The number of anilines is 1. The molecule has 1 aliphatic heterocycles. The summed E-state index contributed by atoms with van der Waals surface area (Å²) < 4.78 is 6.50. The highest BCUT2D eigenvalue weighted by Gasteiger charge is 2.40. The molecule has 0 radical (unpaired) electrons. The lowest BCUT2D eigenvalue weighted by Gasteiger charge is -2.21. The molecule has 0 spiro atoms. The van der Waals surface area contributed by atoms with Gasteiger partial charge in [0, 0.05) is 27.1 Å². The molecule has 9 heteroatoms. The van der Waals surface area contributed by atoms with Crippen LogP contribution in [0, 0.1) is 0 Å². The summed E-state index contributed by atoms with van der Waals surface area (Å²) in [5, 5.41) is 15.4. The van der Waals surface area contributed by atoms with Crippen LogP contribution in [0.5, 0.6) is 0 Å². The summed E-state index contributed by atoms with van der Waals surface area (Å²) in [6.07, 6.45) is 1.30. The van der Waals surface area contributed by atoms with Gasteiger partial charge in [-0.1, -0.05) is 0 Å². The molecule has 2 unspecified atom stereocenters. The van der Waals surface area contributed by atoms with Gasteiger partial charge in [-0.25, -0.2) is 14.3 Å². The normalized spacial score (nSPS) is 22.5. The van der Waals surface area contributed by atoms with Crippen molar-refractivity contribution in [3.63, 3.8) is 0 Å². The molecule has 19 heavy (non-hydrogen) atoms. The molecule has 2 amide bonds. The van der Waals surface area contributed by atoms with Crippen LogP contribution in [0.25, 0.3) is 0 Å². The highest BCUT2D eigenvalue weighted by Crippen LogP contribution is 2.21. The van der Waals surface area contributed by atoms with Crippen molar-refractivity contribution in [3.05, 3.63) is 6.33 Å². The third kappa shape index (κ3) is 2.65. The minimum absolute atomic E-state index is 0.233. The quantitative estimate of drug-likeness (QED) is 0.767. The second-order valence-corrected chi connectivity index (χ2v) is 4.24. The van der Waals surface area contributed by atoms with Gasteiger partial charge in [0.15, 0.2) is 0 Å². The molecular weight excluding hydrogens is 254 g/mol. The summed E-state index contributed by atoms with van der Waals surface area (Å²) in [5.41, 5.74) is 0. The smallest absolute Gasteiger partial charge is 0.326 e. The molecule has 2 N–H and O–H groups in total. The van der Waals surface area contributed by atoms with E-state index in [1.54, 1.807) is 7.05 Å². The standard InChI is InChI=1S/C10H15N5O4/c1-14-9(11-5-12-14)13-10(18)15-4-6(19-2)3-7(15)8(16)17/h5-7H,3-4H2,1-2H3,(H,16,17)(H,11,12,13,18). The first-order valence-corrected chi connectivity index (χ1v) is 5.70. The number of hydrogen-bond donors (Lipinski definition) is 2. The Morgan fingerprint density at radius 1 is 1.58 bits per heavy atom. The number of carboxylic acid groups (broad SMARTS) is 1. The van der Waals surface area contributed by atoms with Crippen molar-refractivity contribution in [3.8, 4) is 0 Å². The number of rotatable bonds is 3. The number of carboxylic acids is 1. The number of hydrogen-bond acceptors (Lipinski definition) is 5. The predicted octanol–water partition coefficient (Wildman–Crippen LogP) is -0.479. The van der Waals surface area contributed by atoms with Gasteiger partial charge in [-0.3, -0.25) is 5.32 Å². The maximum atomic E-state index is 12.1. The van der Waals surface area contributed by atoms with Gasteiger partial charge in [0.1, 0.15) is 12.4 Å². The number of likely N-dealkylation sites (tertiary alicyclic amines) is 1. The number of methoxy groups -OCH3 is 1. The first kappa shape index (κ1) is 13.3. The SMILES string of the molecule is COC1CC(C(=O)O)N(C(=O)Nc2ncnn2C)C1. The molecule has 1 fully saturated rings. The van der Waals surface area contributed by atoms with Crippen LogP contribution in [0.3, 0.4) is 0 Å². The van der Waals surface area contributed by atoms with Crippen molar-refractivity contribution in [2.75, 3.05) is 19.0 Å². The van der Waals surface area contributed by atoms with E-state index in [1.807, 2.05) is 0 Å². The molecule has 0 aliphatic carbocycles. The van der Waals surface area contributed by atoms with Gasteiger partial charge in [-0.2, -0.15) is 10.1 Å². The fourth-order valence-electron chi connectivity index (χ4n) is 2.00. The Morgan fingerprint density at radius 3 is 2.84 bits per heavy atom. The Labute approximate surface area is 109 Å². The third-order valence-corrected chi connectivity index (χ3v) is 3.07. The second-order valence-electron chi connectivity index (χ2n) is 4.24. The largest absolute Gasteiger partial charge is 0.480 e. The number of carbonyl (C=O) groups excluding carboxylic acids is 1. The molecule has 104 valence electrons. The van der Waals surface area contributed by atoms with Gasteiger partial charge >= 0.3 is 12.0 Å². The third-order valence-electron chi connectivity index (χ3n) is 3.07. The number of aryl methyl sites for hydroxylation is 1. The van der Waals surface area contributed by atoms with Gasteiger partial charge in [0.25, 0.3) is 0 Å². The number of carbonyl (C=O) groups is 2. The van der Waals surface area contributed by atoms with Crippen LogP contribution < -0.4 is 5.32 Å². The number of amides is 2. The molecule has 1 saturated heterocycles. The first-order chi connectivity index (χ1) is 9.02. The molecular formula is C10H15N5O4. The molecule has 2 heterocycles. The second kappa shape index (κ2) is 5.22. The van der Waals surface area contributed by atoms with Crippen molar-refractivity contribution < 1.29 is 19.4 Å². The maximum Gasteiger partial charge on any atom is 0.326 e. The van der Waals surface area contributed by atoms with E-state index in [0.29, 0.717) is 0 Å². The number of aliphatic carboxylic acids is 1. The van der Waals surface area contributed by atoms with Crippen LogP contribution in [0.4, 0.5) is 10.7 Å². The van der Waals surface area contributed by atoms with E-state index in [2.05, 4.69) is 15.4 Å². The molecule has 1 aromatic rings. The van der Waals surface area contributed by atoms with E-state index in [1.165, 1.54) is 23.0 Å². The Kier molecular flexibility index (Phi) is 3.65. The summed E-state index contributed by atoms with van der Waals surface area (Å²) in [4.78, 5) is 28.3. The average Bonchev–Trinajstić information content (AvgIpc) is 2.96. The first-order valence-electron chi connectivity index (χ1n) is 5.70. The van der Waals surface area contributed by atoms with E-state index < -0.39 is 18.0 Å². The van der Waals surface area contributed by atoms with Crippen molar-refractivity contribution in [1.29, 1.82) is 0 Å². The molecule has 1 aliphatic rings. The zero-order valence-electron chi connectivity index (χ0n) is 10.6. The molecule has 0 bridgehead atoms. The van der Waals surface area contributed by atoms with Crippen molar-refractivity contribution >= 4 is 17.9 Å². The Hall–Kier alpha value is -2.16. The van der Waals surface area contributed by atoms with Crippen LogP contribution in [0.2, 0.25) is 0 Å². The van der Waals surface area contributed by atoms with Crippen molar-refractivity contribution in [2.24, 2.45) is 7.05 Å². The zero-order chi connectivity index (χ0) is 14.0. The van der Waals surface area contributed by atoms with E-state index in [9.17, 15) is 9.59 Å². The molecule has 2 atom stereocenters. The molecule has 0 aromatic carbocycles. The monoisotopic (exact) mass is 269 g/mol. The molecule has 2 rings (SSSR count). The molecule has 0 saturated carbocycles. The van der Waals surface area contributed by atoms with E-state index in [0.717, 1.165) is 0 Å². The lowest BCUT2D eigenvalue weighted by atomic mass is 10.2. The van der Waals surface area contributed by atoms with E-state index >= 15 is 0 Å². The highest BCUT2D eigenvalue weighted by atomic mass is 16.5. The van der Waals surface area contributed by atoms with Crippen molar-refractivity contribution in [1.82, 2.24) is 19.7 Å². The lowest BCUT2D eigenvalue weighted by Crippen LogP contribution is -2.43. The molecule has 9 nitrogen and oxygen atoms in total. The van der Waals surface area contributed by atoms with Gasteiger partial charge in [-0.15, -0.1) is 0 Å². The van der Waals surface area contributed by atoms with Crippen LogP contribution in [0.1, 0.15) is 6.42 Å². The Balaban J connectivity index is 2.09. The number of nitrogens with zero attached hydrogens (tertiary/aromatic N) is 4. The zero-order valence-corrected chi connectivity index (χ0v) is 10.6. The summed E-state index contributed by atoms with van der Waals surface area (Å²) in [6.45, 7) is 0.233. The maximum absolute atomic E-state index is 12.1. The number of ether oxygens (including phenoxy) is 1. The summed E-state index contributed by atoms with van der Waals surface area (Å²) in [5.74, 6) is -0.789. The predicted molar refractivity (Wildman–Crippen MR) is 63.6 cm³/mol. The van der Waals surface area contributed by atoms with E-state index in [-0.39, 0.29) is 25.0 Å². The number of urea groups is 1. The van der Waals surface area contributed by atoms with Crippen molar-refractivity contribution in [2.45, 2.75) is 18.6 Å². The number of aromatic nitrogens is 3. The lowest BCUT2D eigenvalue weighted by molar-refractivity contribution is -0.141.